The van der Waals surface area contributed by atoms with Gasteiger partial charge in [-0.3, -0.25) is 4.79 Å². The minimum absolute atomic E-state index is 0.0503. The molecule has 116 valence electrons. The Morgan fingerprint density at radius 2 is 2.00 bits per heavy atom. The number of rotatable bonds is 3. The minimum atomic E-state index is -0.584. The van der Waals surface area contributed by atoms with Crippen LogP contribution >= 0.6 is 11.6 Å². The molecule has 0 radical (unpaired) electrons. The first-order valence-corrected chi connectivity index (χ1v) is 7.18. The van der Waals surface area contributed by atoms with Crippen LogP contribution in [-0.2, 0) is 0 Å². The third-order valence-corrected chi connectivity index (χ3v) is 3.38. The Bertz CT molecular complexity index is 878. The predicted octanol–water partition coefficient (Wildman–Crippen LogP) is 3.62. The average molecular weight is 331 g/mol. The van der Waals surface area contributed by atoms with E-state index in [9.17, 15) is 9.18 Å². The zero-order valence-electron chi connectivity index (χ0n) is 12.1. The number of aromatic nitrogens is 3. The normalized spacial score (nSPS) is 10.6. The summed E-state index contributed by atoms with van der Waals surface area (Å²) in [5, 5.41) is 7.16. The summed E-state index contributed by atoms with van der Waals surface area (Å²) in [6.07, 6.45) is 0. The molecular formula is C16H12ClFN4O. The summed E-state index contributed by atoms with van der Waals surface area (Å²) in [5.41, 5.74) is 0.765. The van der Waals surface area contributed by atoms with Gasteiger partial charge in [-0.2, -0.15) is 0 Å². The minimum Gasteiger partial charge on any atom is -0.317 e. The molecule has 1 aromatic heterocycles. The Hall–Kier alpha value is -2.73. The van der Waals surface area contributed by atoms with E-state index in [-0.39, 0.29) is 11.5 Å². The molecule has 0 atom stereocenters. The molecule has 0 bridgehead atoms. The van der Waals surface area contributed by atoms with Gasteiger partial charge in [-0.05, 0) is 37.3 Å². The molecule has 0 aliphatic heterocycles. The molecule has 5 nitrogen and oxygen atoms in total. The fourth-order valence-electron chi connectivity index (χ4n) is 2.08. The number of anilines is 1. The molecule has 3 rings (SSSR count). The molecule has 1 N–H and O–H groups in total. The van der Waals surface area contributed by atoms with Gasteiger partial charge in [-0.15, -0.1) is 5.10 Å². The van der Waals surface area contributed by atoms with Gasteiger partial charge in [0.05, 0.1) is 11.4 Å². The fourth-order valence-corrected chi connectivity index (χ4v) is 2.26. The SMILES string of the molecule is Cc1nc(C(=O)Nc2ccccc2F)nn1-c1cccc(Cl)c1. The van der Waals surface area contributed by atoms with Crippen LogP contribution in [0.2, 0.25) is 5.02 Å². The Morgan fingerprint density at radius 3 is 2.74 bits per heavy atom. The summed E-state index contributed by atoms with van der Waals surface area (Å²) in [4.78, 5) is 16.3. The largest absolute Gasteiger partial charge is 0.317 e. The zero-order chi connectivity index (χ0) is 16.4. The lowest BCUT2D eigenvalue weighted by Gasteiger charge is -2.03. The smallest absolute Gasteiger partial charge is 0.295 e. The van der Waals surface area contributed by atoms with E-state index in [2.05, 4.69) is 15.4 Å². The Balaban J connectivity index is 1.89. The fraction of sp³-hybridized carbons (Fsp3) is 0.0625. The molecule has 7 heteroatoms. The van der Waals surface area contributed by atoms with E-state index >= 15 is 0 Å². The van der Waals surface area contributed by atoms with Crippen molar-refractivity contribution in [2.24, 2.45) is 0 Å². The van der Waals surface area contributed by atoms with Gasteiger partial charge in [0.2, 0.25) is 5.82 Å². The number of hydrogen-bond donors (Lipinski definition) is 1. The Morgan fingerprint density at radius 1 is 1.22 bits per heavy atom. The number of nitrogens with one attached hydrogen (secondary N) is 1. The lowest BCUT2D eigenvalue weighted by atomic mass is 10.3. The van der Waals surface area contributed by atoms with E-state index in [1.165, 1.54) is 16.8 Å². The molecule has 0 aliphatic carbocycles. The third-order valence-electron chi connectivity index (χ3n) is 3.15. The summed E-state index contributed by atoms with van der Waals surface area (Å²) in [6.45, 7) is 1.72. The van der Waals surface area contributed by atoms with E-state index in [4.69, 9.17) is 11.6 Å². The van der Waals surface area contributed by atoms with Gasteiger partial charge < -0.3 is 5.32 Å². The molecule has 1 heterocycles. The number of amides is 1. The van der Waals surface area contributed by atoms with Crippen LogP contribution in [0.15, 0.2) is 48.5 Å². The molecule has 0 saturated heterocycles. The summed E-state index contributed by atoms with van der Waals surface area (Å²) in [7, 11) is 0. The van der Waals surface area contributed by atoms with Crippen LogP contribution in [0.1, 0.15) is 16.4 Å². The van der Waals surface area contributed by atoms with E-state index in [1.807, 2.05) is 0 Å². The summed E-state index contributed by atoms with van der Waals surface area (Å²) >= 11 is 5.96. The maximum Gasteiger partial charge on any atom is 0.295 e. The first kappa shape index (κ1) is 15.2. The topological polar surface area (TPSA) is 59.8 Å². The van der Waals surface area contributed by atoms with Crippen LogP contribution in [-0.4, -0.2) is 20.7 Å². The molecule has 0 saturated carbocycles. The van der Waals surface area contributed by atoms with Crippen LogP contribution in [0.4, 0.5) is 10.1 Å². The highest BCUT2D eigenvalue weighted by Crippen LogP contribution is 2.17. The van der Waals surface area contributed by atoms with E-state index in [0.29, 0.717) is 16.5 Å². The maximum atomic E-state index is 13.6. The van der Waals surface area contributed by atoms with E-state index in [1.54, 1.807) is 43.3 Å². The van der Waals surface area contributed by atoms with Crippen LogP contribution in [0, 0.1) is 12.7 Å². The number of carbonyl (C=O) groups excluding carboxylic acids is 1. The number of carbonyl (C=O) groups is 1. The van der Waals surface area contributed by atoms with Gasteiger partial charge in [0.15, 0.2) is 0 Å². The molecule has 1 amide bonds. The van der Waals surface area contributed by atoms with Crippen molar-refractivity contribution in [2.45, 2.75) is 6.92 Å². The molecule has 0 fully saturated rings. The van der Waals surface area contributed by atoms with E-state index in [0.717, 1.165) is 0 Å². The van der Waals surface area contributed by atoms with Gasteiger partial charge in [0, 0.05) is 5.02 Å². The molecule has 23 heavy (non-hydrogen) atoms. The van der Waals surface area contributed by atoms with Crippen molar-refractivity contribution in [1.29, 1.82) is 0 Å². The van der Waals surface area contributed by atoms with Gasteiger partial charge in [0.25, 0.3) is 5.91 Å². The quantitative estimate of drug-likeness (QED) is 0.798. The second-order valence-electron chi connectivity index (χ2n) is 4.81. The predicted molar refractivity (Wildman–Crippen MR) is 85.5 cm³/mol. The average Bonchev–Trinajstić information content (AvgIpc) is 2.92. The van der Waals surface area contributed by atoms with Gasteiger partial charge >= 0.3 is 0 Å². The Kier molecular flexibility index (Phi) is 4.08. The van der Waals surface area contributed by atoms with Crippen molar-refractivity contribution >= 4 is 23.2 Å². The van der Waals surface area contributed by atoms with Gasteiger partial charge in [0.1, 0.15) is 11.6 Å². The summed E-state index contributed by atoms with van der Waals surface area (Å²) in [6, 6.07) is 12.9. The standard InChI is InChI=1S/C16H12ClFN4O/c1-10-19-15(16(23)20-14-8-3-2-7-13(14)18)21-22(10)12-6-4-5-11(17)9-12/h2-9H,1H3,(H,20,23). The summed E-state index contributed by atoms with van der Waals surface area (Å²) < 4.78 is 15.1. The number of aryl methyl sites for hydroxylation is 1. The molecule has 0 aliphatic rings. The number of halogens is 2. The molecule has 3 aromatic rings. The number of nitrogens with zero attached hydrogens (tertiary/aromatic N) is 3. The van der Waals surface area contributed by atoms with Crippen molar-refractivity contribution in [2.75, 3.05) is 5.32 Å². The van der Waals surface area contributed by atoms with Crippen molar-refractivity contribution in [3.63, 3.8) is 0 Å². The van der Waals surface area contributed by atoms with Crippen molar-refractivity contribution < 1.29 is 9.18 Å². The highest BCUT2D eigenvalue weighted by molar-refractivity contribution is 6.30. The van der Waals surface area contributed by atoms with Crippen LogP contribution in [0.25, 0.3) is 5.69 Å². The first-order valence-electron chi connectivity index (χ1n) is 6.80. The number of benzene rings is 2. The molecular weight excluding hydrogens is 319 g/mol. The number of para-hydroxylation sites is 1. The molecule has 2 aromatic carbocycles. The van der Waals surface area contributed by atoms with Crippen LogP contribution in [0.5, 0.6) is 0 Å². The van der Waals surface area contributed by atoms with Gasteiger partial charge in [-0.1, -0.05) is 29.8 Å². The lowest BCUT2D eigenvalue weighted by Crippen LogP contribution is -2.15. The second kappa shape index (κ2) is 6.18. The van der Waals surface area contributed by atoms with Gasteiger partial charge in [-0.25, -0.2) is 14.1 Å². The second-order valence-corrected chi connectivity index (χ2v) is 5.24. The van der Waals surface area contributed by atoms with Crippen molar-refractivity contribution in [3.05, 3.63) is 71.0 Å². The van der Waals surface area contributed by atoms with Crippen molar-refractivity contribution in [1.82, 2.24) is 14.8 Å². The molecule has 0 spiro atoms. The number of hydrogen-bond acceptors (Lipinski definition) is 3. The monoisotopic (exact) mass is 330 g/mol. The van der Waals surface area contributed by atoms with E-state index < -0.39 is 11.7 Å². The zero-order valence-corrected chi connectivity index (χ0v) is 12.9. The molecule has 0 unspecified atom stereocenters. The van der Waals surface area contributed by atoms with Crippen molar-refractivity contribution in [3.8, 4) is 5.69 Å². The van der Waals surface area contributed by atoms with Crippen LogP contribution in [0.3, 0.4) is 0 Å². The summed E-state index contributed by atoms with van der Waals surface area (Å²) in [5.74, 6) is -0.637. The third kappa shape index (κ3) is 3.22. The first-order chi connectivity index (χ1) is 11.0. The lowest BCUT2D eigenvalue weighted by molar-refractivity contribution is 0.101. The highest BCUT2D eigenvalue weighted by atomic mass is 35.5. The Labute approximate surface area is 136 Å². The highest BCUT2D eigenvalue weighted by Gasteiger charge is 2.16. The van der Waals surface area contributed by atoms with Crippen LogP contribution < -0.4 is 5.32 Å². The maximum absolute atomic E-state index is 13.6.